The molecule has 116 valence electrons. The summed E-state index contributed by atoms with van der Waals surface area (Å²) in [6.07, 6.45) is 0.399. The number of aliphatic carboxylic acids is 1. The molecule has 0 aromatic heterocycles. The molecule has 2 rings (SSSR count). The molecule has 0 aliphatic rings. The van der Waals surface area contributed by atoms with Crippen LogP contribution in [0.15, 0.2) is 48.5 Å². The number of hydrogen-bond donors (Lipinski definition) is 1. The van der Waals surface area contributed by atoms with E-state index in [2.05, 4.69) is 6.07 Å². The van der Waals surface area contributed by atoms with E-state index in [-0.39, 0.29) is 0 Å². The summed E-state index contributed by atoms with van der Waals surface area (Å²) in [7, 11) is 0. The lowest BCUT2D eigenvalue weighted by Crippen LogP contribution is -2.24. The van der Waals surface area contributed by atoms with Crippen molar-refractivity contribution in [2.45, 2.75) is 39.4 Å². The fourth-order valence-corrected chi connectivity index (χ4v) is 2.42. The van der Waals surface area contributed by atoms with Gasteiger partial charge in [-0.1, -0.05) is 54.1 Å². The summed E-state index contributed by atoms with van der Waals surface area (Å²) in [6.45, 7) is 4.39. The number of rotatable bonds is 7. The maximum absolute atomic E-state index is 11.4. The van der Waals surface area contributed by atoms with Gasteiger partial charge in [0.05, 0.1) is 6.61 Å². The molecule has 0 saturated heterocycles. The number of hydrogen-bond acceptors (Lipinski definition) is 2. The third-order valence-corrected chi connectivity index (χ3v) is 3.75. The second kappa shape index (κ2) is 7.76. The monoisotopic (exact) mass is 298 g/mol. The molecule has 0 fully saturated rings. The highest BCUT2D eigenvalue weighted by Gasteiger charge is 2.18. The van der Waals surface area contributed by atoms with Crippen LogP contribution in [0.2, 0.25) is 0 Å². The van der Waals surface area contributed by atoms with Crippen molar-refractivity contribution >= 4 is 5.97 Å². The van der Waals surface area contributed by atoms with Crippen molar-refractivity contribution in [2.24, 2.45) is 0 Å². The Kier molecular flexibility index (Phi) is 5.73. The highest BCUT2D eigenvalue weighted by molar-refractivity contribution is 5.72. The van der Waals surface area contributed by atoms with Crippen LogP contribution in [-0.4, -0.2) is 17.2 Å². The molecule has 3 nitrogen and oxygen atoms in total. The number of carbonyl (C=O) groups is 1. The van der Waals surface area contributed by atoms with Crippen LogP contribution in [0.5, 0.6) is 0 Å². The average Bonchev–Trinajstić information content (AvgIpc) is 2.49. The lowest BCUT2D eigenvalue weighted by molar-refractivity contribution is -0.151. The fraction of sp³-hybridized carbons (Fsp3) is 0.316. The molecule has 2 aromatic rings. The molecule has 0 bridgehead atoms. The van der Waals surface area contributed by atoms with E-state index in [1.165, 1.54) is 5.56 Å². The van der Waals surface area contributed by atoms with Crippen molar-refractivity contribution in [2.75, 3.05) is 0 Å². The minimum Gasteiger partial charge on any atom is -0.479 e. The number of aryl methyl sites for hydroxylation is 3. The van der Waals surface area contributed by atoms with Gasteiger partial charge in [0.1, 0.15) is 0 Å². The molecule has 22 heavy (non-hydrogen) atoms. The molecule has 1 atom stereocenters. The van der Waals surface area contributed by atoms with Gasteiger partial charge in [-0.3, -0.25) is 0 Å². The first-order valence-corrected chi connectivity index (χ1v) is 7.50. The predicted molar refractivity (Wildman–Crippen MR) is 86.9 cm³/mol. The Bertz CT molecular complexity index is 620. The van der Waals surface area contributed by atoms with E-state index in [0.29, 0.717) is 19.4 Å². The number of carboxylic acids is 1. The van der Waals surface area contributed by atoms with Crippen LogP contribution in [0, 0.1) is 13.8 Å². The van der Waals surface area contributed by atoms with Crippen LogP contribution < -0.4 is 0 Å². The molecule has 1 N–H and O–H groups in total. The molecule has 3 heteroatoms. The third kappa shape index (κ3) is 4.71. The minimum absolute atomic E-state index is 0.331. The highest BCUT2D eigenvalue weighted by Crippen LogP contribution is 2.15. The SMILES string of the molecule is Cc1ccc(COC(CCc2ccccc2)C(=O)O)c(C)c1. The largest absolute Gasteiger partial charge is 0.479 e. The predicted octanol–water partition coefficient (Wildman–Crippen LogP) is 3.91. The summed E-state index contributed by atoms with van der Waals surface area (Å²) in [4.78, 5) is 11.4. The van der Waals surface area contributed by atoms with E-state index in [1.54, 1.807) is 0 Å². The van der Waals surface area contributed by atoms with Crippen LogP contribution in [-0.2, 0) is 22.6 Å². The molecule has 0 spiro atoms. The van der Waals surface area contributed by atoms with Gasteiger partial charge in [-0.2, -0.15) is 0 Å². The standard InChI is InChI=1S/C19H22O3/c1-14-8-10-17(15(2)12-14)13-22-18(19(20)21)11-9-16-6-4-3-5-7-16/h3-8,10,12,18H,9,11,13H2,1-2H3,(H,20,21). The maximum atomic E-state index is 11.4. The maximum Gasteiger partial charge on any atom is 0.332 e. The zero-order chi connectivity index (χ0) is 15.9. The molecule has 0 radical (unpaired) electrons. The molecule has 0 saturated carbocycles. The van der Waals surface area contributed by atoms with Gasteiger partial charge < -0.3 is 9.84 Å². The summed E-state index contributed by atoms with van der Waals surface area (Å²) in [5.74, 6) is -0.902. The smallest absolute Gasteiger partial charge is 0.332 e. The van der Waals surface area contributed by atoms with Gasteiger partial charge in [-0.15, -0.1) is 0 Å². The van der Waals surface area contributed by atoms with E-state index >= 15 is 0 Å². The molecule has 0 heterocycles. The van der Waals surface area contributed by atoms with Crippen molar-refractivity contribution < 1.29 is 14.6 Å². The first-order valence-electron chi connectivity index (χ1n) is 7.50. The van der Waals surface area contributed by atoms with Crippen molar-refractivity contribution in [3.8, 4) is 0 Å². The van der Waals surface area contributed by atoms with Crippen molar-refractivity contribution in [1.29, 1.82) is 0 Å². The number of carboxylic acid groups (broad SMARTS) is 1. The average molecular weight is 298 g/mol. The van der Waals surface area contributed by atoms with Gasteiger partial charge in [-0.05, 0) is 43.4 Å². The number of ether oxygens (including phenoxy) is 1. The van der Waals surface area contributed by atoms with Crippen LogP contribution >= 0.6 is 0 Å². The van der Waals surface area contributed by atoms with E-state index in [1.807, 2.05) is 56.3 Å². The van der Waals surface area contributed by atoms with Gasteiger partial charge in [0, 0.05) is 0 Å². The van der Waals surface area contributed by atoms with Gasteiger partial charge in [-0.25, -0.2) is 4.79 Å². The topological polar surface area (TPSA) is 46.5 Å². The van der Waals surface area contributed by atoms with E-state index in [4.69, 9.17) is 4.74 Å². The van der Waals surface area contributed by atoms with E-state index < -0.39 is 12.1 Å². The van der Waals surface area contributed by atoms with Crippen molar-refractivity contribution in [3.63, 3.8) is 0 Å². The summed E-state index contributed by atoms with van der Waals surface area (Å²) in [5, 5.41) is 9.32. The Labute approximate surface area is 131 Å². The highest BCUT2D eigenvalue weighted by atomic mass is 16.5. The molecular formula is C19H22O3. The molecule has 0 aliphatic carbocycles. The third-order valence-electron chi connectivity index (χ3n) is 3.75. The van der Waals surface area contributed by atoms with Gasteiger partial charge in [0.15, 0.2) is 6.10 Å². The number of benzene rings is 2. The van der Waals surface area contributed by atoms with Gasteiger partial charge in [0.2, 0.25) is 0 Å². The Hall–Kier alpha value is -2.13. The summed E-state index contributed by atoms with van der Waals surface area (Å²) in [5.41, 5.74) is 4.49. The van der Waals surface area contributed by atoms with Crippen molar-refractivity contribution in [1.82, 2.24) is 0 Å². The lowest BCUT2D eigenvalue weighted by atomic mass is 10.1. The fourth-order valence-electron chi connectivity index (χ4n) is 2.42. The first-order chi connectivity index (χ1) is 10.6. The normalized spacial score (nSPS) is 12.1. The van der Waals surface area contributed by atoms with Gasteiger partial charge >= 0.3 is 5.97 Å². The van der Waals surface area contributed by atoms with Crippen LogP contribution in [0.1, 0.15) is 28.7 Å². The first kappa shape index (κ1) is 16.2. The zero-order valence-electron chi connectivity index (χ0n) is 13.1. The summed E-state index contributed by atoms with van der Waals surface area (Å²) in [6, 6.07) is 16.0. The quantitative estimate of drug-likeness (QED) is 0.843. The Morgan fingerprint density at radius 2 is 1.86 bits per heavy atom. The van der Waals surface area contributed by atoms with Crippen LogP contribution in [0.4, 0.5) is 0 Å². The van der Waals surface area contributed by atoms with Crippen LogP contribution in [0.3, 0.4) is 0 Å². The molecule has 2 aromatic carbocycles. The van der Waals surface area contributed by atoms with Gasteiger partial charge in [0.25, 0.3) is 0 Å². The van der Waals surface area contributed by atoms with E-state index in [9.17, 15) is 9.90 Å². The molecule has 0 aliphatic heterocycles. The molecular weight excluding hydrogens is 276 g/mol. The summed E-state index contributed by atoms with van der Waals surface area (Å²) < 4.78 is 5.63. The molecule has 0 amide bonds. The minimum atomic E-state index is -0.902. The Balaban J connectivity index is 1.93. The van der Waals surface area contributed by atoms with Crippen molar-refractivity contribution in [3.05, 3.63) is 70.8 Å². The lowest BCUT2D eigenvalue weighted by Gasteiger charge is -2.15. The summed E-state index contributed by atoms with van der Waals surface area (Å²) >= 11 is 0. The van der Waals surface area contributed by atoms with E-state index in [0.717, 1.165) is 16.7 Å². The Morgan fingerprint density at radius 3 is 2.50 bits per heavy atom. The molecule has 1 unspecified atom stereocenters. The zero-order valence-corrected chi connectivity index (χ0v) is 13.1. The van der Waals surface area contributed by atoms with Crippen LogP contribution in [0.25, 0.3) is 0 Å². The Morgan fingerprint density at radius 1 is 1.14 bits per heavy atom. The second-order valence-electron chi connectivity index (χ2n) is 5.59. The second-order valence-corrected chi connectivity index (χ2v) is 5.59.